The van der Waals surface area contributed by atoms with Crippen LogP contribution in [0.2, 0.25) is 0 Å². The van der Waals surface area contributed by atoms with Crippen molar-refractivity contribution in [1.82, 2.24) is 15.5 Å². The number of hydrogen-bond donors (Lipinski definition) is 2. The van der Waals surface area contributed by atoms with E-state index in [-0.39, 0.29) is 42.4 Å². The van der Waals surface area contributed by atoms with E-state index in [1.54, 1.807) is 19.2 Å². The lowest BCUT2D eigenvalue weighted by molar-refractivity contribution is -0.0505. The van der Waals surface area contributed by atoms with Crippen LogP contribution in [-0.2, 0) is 11.3 Å². The largest absolute Gasteiger partial charge is 0.497 e. The van der Waals surface area contributed by atoms with Crippen molar-refractivity contribution in [3.05, 3.63) is 23.8 Å². The summed E-state index contributed by atoms with van der Waals surface area (Å²) in [5.74, 6) is 1.24. The molecule has 2 atom stereocenters. The average Bonchev–Trinajstić information content (AvgIpc) is 3.16. The first-order valence-electron chi connectivity index (χ1n) is 9.51. The van der Waals surface area contributed by atoms with Crippen molar-refractivity contribution < 1.29 is 23.0 Å². The SMILES string of the molecule is CN=C(NCc1cc(OC)ccc1OC(F)F)NCC1CN2CCCC2CO1.I. The molecule has 164 valence electrons. The van der Waals surface area contributed by atoms with Crippen molar-refractivity contribution in [2.75, 3.05) is 40.4 Å². The number of alkyl halides is 2. The topological polar surface area (TPSA) is 67.4 Å². The molecule has 0 amide bonds. The highest BCUT2D eigenvalue weighted by Crippen LogP contribution is 2.25. The van der Waals surface area contributed by atoms with Crippen molar-refractivity contribution in [3.63, 3.8) is 0 Å². The number of methoxy groups -OCH3 is 1. The van der Waals surface area contributed by atoms with E-state index in [2.05, 4.69) is 25.3 Å². The van der Waals surface area contributed by atoms with E-state index in [0.29, 0.717) is 29.9 Å². The van der Waals surface area contributed by atoms with Gasteiger partial charge in [0, 0.05) is 38.3 Å². The molecule has 2 aliphatic heterocycles. The average molecular weight is 526 g/mol. The first-order valence-corrected chi connectivity index (χ1v) is 9.51. The smallest absolute Gasteiger partial charge is 0.387 e. The summed E-state index contributed by atoms with van der Waals surface area (Å²) in [7, 11) is 3.19. The Bertz CT molecular complexity index is 681. The number of fused-ring (bicyclic) bond motifs is 1. The van der Waals surface area contributed by atoms with Gasteiger partial charge in [0.15, 0.2) is 5.96 Å². The van der Waals surface area contributed by atoms with E-state index < -0.39 is 6.61 Å². The lowest BCUT2D eigenvalue weighted by Crippen LogP contribution is -2.51. The molecule has 29 heavy (non-hydrogen) atoms. The molecule has 2 fully saturated rings. The van der Waals surface area contributed by atoms with Gasteiger partial charge in [-0.3, -0.25) is 9.89 Å². The lowest BCUT2D eigenvalue weighted by Gasteiger charge is -2.35. The normalized spacial score (nSPS) is 22.0. The fourth-order valence-electron chi connectivity index (χ4n) is 3.65. The van der Waals surface area contributed by atoms with Crippen LogP contribution in [0.15, 0.2) is 23.2 Å². The number of morpholine rings is 1. The number of benzene rings is 1. The summed E-state index contributed by atoms with van der Waals surface area (Å²) in [4.78, 5) is 6.67. The molecule has 0 aliphatic carbocycles. The Kier molecular flexibility index (Phi) is 9.63. The van der Waals surface area contributed by atoms with Gasteiger partial charge in [0.25, 0.3) is 0 Å². The van der Waals surface area contributed by atoms with Gasteiger partial charge in [-0.1, -0.05) is 0 Å². The standard InChI is InChI=1S/C19H28F2N4O3.HI/c1-22-19(24-10-16-11-25-7-3-4-14(25)12-27-16)23-9-13-8-15(26-2)5-6-17(13)28-18(20)21;/h5-6,8,14,16,18H,3-4,7,9-12H2,1-2H3,(H2,22,23,24);1H. The number of rotatable bonds is 7. The highest BCUT2D eigenvalue weighted by atomic mass is 127. The van der Waals surface area contributed by atoms with Gasteiger partial charge in [-0.15, -0.1) is 24.0 Å². The third-order valence-corrected chi connectivity index (χ3v) is 5.11. The summed E-state index contributed by atoms with van der Waals surface area (Å²) in [5.41, 5.74) is 0.552. The van der Waals surface area contributed by atoms with Gasteiger partial charge in [0.2, 0.25) is 0 Å². The molecule has 0 aromatic heterocycles. The molecule has 7 nitrogen and oxygen atoms in total. The Hall–Kier alpha value is -1.40. The minimum Gasteiger partial charge on any atom is -0.497 e. The van der Waals surface area contributed by atoms with E-state index in [0.717, 1.165) is 19.7 Å². The highest BCUT2D eigenvalue weighted by Gasteiger charge is 2.32. The molecule has 0 saturated carbocycles. The zero-order valence-corrected chi connectivity index (χ0v) is 19.0. The quantitative estimate of drug-likeness (QED) is 0.324. The van der Waals surface area contributed by atoms with Crippen LogP contribution in [0.1, 0.15) is 18.4 Å². The van der Waals surface area contributed by atoms with Gasteiger partial charge >= 0.3 is 6.61 Å². The minimum atomic E-state index is -2.89. The van der Waals surface area contributed by atoms with Gasteiger partial charge in [0.1, 0.15) is 11.5 Å². The van der Waals surface area contributed by atoms with Crippen molar-refractivity contribution in [1.29, 1.82) is 0 Å². The Labute approximate surface area is 187 Å². The fraction of sp³-hybridized carbons (Fsp3) is 0.632. The minimum absolute atomic E-state index is 0. The van der Waals surface area contributed by atoms with Crippen molar-refractivity contribution in [3.8, 4) is 11.5 Å². The van der Waals surface area contributed by atoms with Crippen LogP contribution in [0.4, 0.5) is 8.78 Å². The van der Waals surface area contributed by atoms with Crippen LogP contribution in [-0.4, -0.2) is 70.0 Å². The molecular weight excluding hydrogens is 497 g/mol. The summed E-state index contributed by atoms with van der Waals surface area (Å²) in [6.45, 7) is 0.829. The van der Waals surface area contributed by atoms with Gasteiger partial charge in [0.05, 0.1) is 19.8 Å². The summed E-state index contributed by atoms with van der Waals surface area (Å²) in [5, 5.41) is 6.37. The monoisotopic (exact) mass is 526 g/mol. The van der Waals surface area contributed by atoms with Crippen molar-refractivity contribution in [2.45, 2.75) is 38.1 Å². The van der Waals surface area contributed by atoms with Gasteiger partial charge in [-0.25, -0.2) is 0 Å². The molecule has 2 aliphatic rings. The second-order valence-electron chi connectivity index (χ2n) is 6.91. The van der Waals surface area contributed by atoms with E-state index >= 15 is 0 Å². The molecule has 3 rings (SSSR count). The Morgan fingerprint density at radius 3 is 2.93 bits per heavy atom. The first kappa shape index (κ1) is 23.9. The number of hydrogen-bond acceptors (Lipinski definition) is 5. The zero-order valence-electron chi connectivity index (χ0n) is 16.7. The summed E-state index contributed by atoms with van der Waals surface area (Å²) in [6, 6.07) is 5.28. The van der Waals surface area contributed by atoms with Crippen LogP contribution < -0.4 is 20.1 Å². The molecule has 10 heteroatoms. The molecular formula is C19H29F2IN4O3. The number of aliphatic imine (C=N–C) groups is 1. The summed E-state index contributed by atoms with van der Waals surface area (Å²) < 4.78 is 41.0. The fourth-order valence-corrected chi connectivity index (χ4v) is 3.65. The maximum Gasteiger partial charge on any atom is 0.387 e. The maximum absolute atomic E-state index is 12.6. The third kappa shape index (κ3) is 6.82. The van der Waals surface area contributed by atoms with E-state index in [4.69, 9.17) is 9.47 Å². The molecule has 1 aromatic carbocycles. The summed E-state index contributed by atoms with van der Waals surface area (Å²) in [6.07, 6.45) is 2.55. The number of ether oxygens (including phenoxy) is 3. The molecule has 2 saturated heterocycles. The van der Waals surface area contributed by atoms with Gasteiger partial charge < -0.3 is 24.8 Å². The van der Waals surface area contributed by atoms with Crippen LogP contribution in [0.5, 0.6) is 11.5 Å². The Morgan fingerprint density at radius 1 is 1.38 bits per heavy atom. The van der Waals surface area contributed by atoms with E-state index in [1.807, 2.05) is 0 Å². The number of halogens is 3. The van der Waals surface area contributed by atoms with E-state index in [9.17, 15) is 8.78 Å². The second-order valence-corrected chi connectivity index (χ2v) is 6.91. The van der Waals surface area contributed by atoms with Gasteiger partial charge in [-0.2, -0.15) is 8.78 Å². The number of nitrogens with one attached hydrogen (secondary N) is 2. The molecule has 2 unspecified atom stereocenters. The van der Waals surface area contributed by atoms with Crippen LogP contribution in [0, 0.1) is 0 Å². The Morgan fingerprint density at radius 2 is 2.21 bits per heavy atom. The van der Waals surface area contributed by atoms with Crippen molar-refractivity contribution in [2.24, 2.45) is 4.99 Å². The second kappa shape index (κ2) is 11.7. The number of nitrogens with zero attached hydrogens (tertiary/aromatic N) is 2. The van der Waals surface area contributed by atoms with Crippen LogP contribution in [0.25, 0.3) is 0 Å². The predicted molar refractivity (Wildman–Crippen MR) is 118 cm³/mol. The lowest BCUT2D eigenvalue weighted by atomic mass is 10.2. The molecule has 2 heterocycles. The maximum atomic E-state index is 12.6. The van der Waals surface area contributed by atoms with E-state index in [1.165, 1.54) is 26.0 Å². The van der Waals surface area contributed by atoms with Crippen LogP contribution in [0.3, 0.4) is 0 Å². The van der Waals surface area contributed by atoms with Crippen molar-refractivity contribution >= 4 is 29.9 Å². The molecule has 0 bridgehead atoms. The third-order valence-electron chi connectivity index (χ3n) is 5.11. The first-order chi connectivity index (χ1) is 13.6. The molecule has 2 N–H and O–H groups in total. The van der Waals surface area contributed by atoms with Crippen LogP contribution >= 0.6 is 24.0 Å². The predicted octanol–water partition coefficient (Wildman–Crippen LogP) is 2.44. The molecule has 0 radical (unpaired) electrons. The van der Waals surface area contributed by atoms with Gasteiger partial charge in [-0.05, 0) is 37.6 Å². The zero-order chi connectivity index (χ0) is 19.9. The molecule has 0 spiro atoms. The highest BCUT2D eigenvalue weighted by molar-refractivity contribution is 14.0. The Balaban J connectivity index is 0.00000300. The number of guanidine groups is 1. The summed E-state index contributed by atoms with van der Waals surface area (Å²) >= 11 is 0. The molecule has 1 aromatic rings.